The molecule has 0 aliphatic heterocycles. The van der Waals surface area contributed by atoms with Crippen molar-refractivity contribution in [2.75, 3.05) is 0 Å². The first kappa shape index (κ1) is 5.70. The fourth-order valence-electron chi connectivity index (χ4n) is 2.57. The van der Waals surface area contributed by atoms with E-state index in [2.05, 4.69) is 0 Å². The highest BCUT2D eigenvalue weighted by Gasteiger charge is 2.67. The first-order valence-electron chi connectivity index (χ1n) is 4.02. The van der Waals surface area contributed by atoms with Crippen LogP contribution in [-0.4, -0.2) is 11.6 Å². The van der Waals surface area contributed by atoms with Gasteiger partial charge in [-0.1, -0.05) is 12.2 Å². The summed E-state index contributed by atoms with van der Waals surface area (Å²) in [4.78, 5) is 22.4. The maximum absolute atomic E-state index is 11.2. The first-order valence-corrected chi connectivity index (χ1v) is 4.02. The van der Waals surface area contributed by atoms with Gasteiger partial charge in [-0.3, -0.25) is 9.59 Å². The quantitative estimate of drug-likeness (QED) is 0.374. The van der Waals surface area contributed by atoms with Crippen LogP contribution in [0.2, 0.25) is 0 Å². The molecule has 11 heavy (non-hydrogen) atoms. The van der Waals surface area contributed by atoms with Gasteiger partial charge in [-0.05, 0) is 18.3 Å². The molecule has 0 N–H and O–H groups in total. The van der Waals surface area contributed by atoms with Crippen molar-refractivity contribution in [1.82, 2.24) is 0 Å². The van der Waals surface area contributed by atoms with E-state index in [1.807, 2.05) is 12.2 Å². The maximum atomic E-state index is 11.2. The molecule has 2 nitrogen and oxygen atoms in total. The van der Waals surface area contributed by atoms with Gasteiger partial charge >= 0.3 is 0 Å². The maximum Gasteiger partial charge on any atom is 0.206 e. The highest BCUT2D eigenvalue weighted by atomic mass is 16.2. The van der Waals surface area contributed by atoms with Crippen LogP contribution < -0.4 is 0 Å². The molecule has 0 heterocycles. The number of hydrogen-bond donors (Lipinski definition) is 0. The number of ketones is 2. The molecule has 0 saturated heterocycles. The van der Waals surface area contributed by atoms with E-state index < -0.39 is 0 Å². The van der Waals surface area contributed by atoms with Crippen molar-refractivity contribution in [3.63, 3.8) is 0 Å². The molecule has 0 radical (unpaired) electrons. The van der Waals surface area contributed by atoms with Crippen LogP contribution in [0.5, 0.6) is 0 Å². The number of carbonyl (C=O) groups excluding carboxylic acids is 2. The third-order valence-electron chi connectivity index (χ3n) is 3.37. The molecule has 2 saturated carbocycles. The molecule has 0 amide bonds. The van der Waals surface area contributed by atoms with Gasteiger partial charge in [0, 0.05) is 0 Å². The fraction of sp³-hybridized carbons (Fsp3) is 0.556. The van der Waals surface area contributed by atoms with E-state index in [0.717, 1.165) is 12.8 Å². The van der Waals surface area contributed by atoms with Crippen molar-refractivity contribution in [3.8, 4) is 0 Å². The van der Waals surface area contributed by atoms with Gasteiger partial charge in [-0.25, -0.2) is 0 Å². The standard InChI is InChI=1S/C9H8O2/c10-7-5-1-2-6(8(7)11)9(5)3-4-9/h1-2,5-6H,3-4H2/t5-,6+. The van der Waals surface area contributed by atoms with Crippen LogP contribution in [0.3, 0.4) is 0 Å². The molecule has 3 aliphatic carbocycles. The first-order chi connectivity index (χ1) is 5.26. The number of rotatable bonds is 0. The minimum Gasteiger partial charge on any atom is -0.290 e. The Kier molecular flexibility index (Phi) is 0.691. The number of carbonyl (C=O) groups is 2. The van der Waals surface area contributed by atoms with Crippen molar-refractivity contribution in [1.29, 1.82) is 0 Å². The Hall–Kier alpha value is -0.920. The van der Waals surface area contributed by atoms with Gasteiger partial charge in [0.1, 0.15) is 0 Å². The van der Waals surface area contributed by atoms with Gasteiger partial charge in [0.25, 0.3) is 0 Å². The zero-order valence-corrected chi connectivity index (χ0v) is 6.04. The SMILES string of the molecule is O=C1C(=O)[C@@H]2C=C[C@H]1C21CC1. The van der Waals surface area contributed by atoms with E-state index in [-0.39, 0.29) is 28.8 Å². The van der Waals surface area contributed by atoms with Crippen molar-refractivity contribution in [2.45, 2.75) is 12.8 Å². The second-order valence-electron chi connectivity index (χ2n) is 3.80. The van der Waals surface area contributed by atoms with Gasteiger partial charge in [0.05, 0.1) is 11.8 Å². The summed E-state index contributed by atoms with van der Waals surface area (Å²) in [6.07, 6.45) is 6.02. The summed E-state index contributed by atoms with van der Waals surface area (Å²) in [6, 6.07) is 0. The molecule has 0 aromatic heterocycles. The molecule has 2 fully saturated rings. The monoisotopic (exact) mass is 148 g/mol. The Morgan fingerprint density at radius 2 is 1.55 bits per heavy atom. The Morgan fingerprint density at radius 3 is 1.82 bits per heavy atom. The van der Waals surface area contributed by atoms with Gasteiger partial charge in [0.2, 0.25) is 11.6 Å². The lowest BCUT2D eigenvalue weighted by molar-refractivity contribution is -0.136. The van der Waals surface area contributed by atoms with E-state index in [0.29, 0.717) is 0 Å². The molecule has 2 heteroatoms. The van der Waals surface area contributed by atoms with Crippen LogP contribution in [0.4, 0.5) is 0 Å². The number of hydrogen-bond acceptors (Lipinski definition) is 2. The molecule has 3 rings (SSSR count). The highest BCUT2D eigenvalue weighted by Crippen LogP contribution is 2.65. The molecule has 56 valence electrons. The zero-order chi connectivity index (χ0) is 7.64. The van der Waals surface area contributed by atoms with Crippen LogP contribution in [-0.2, 0) is 9.59 Å². The molecule has 3 aliphatic rings. The van der Waals surface area contributed by atoms with Gasteiger partial charge in [-0.15, -0.1) is 0 Å². The summed E-state index contributed by atoms with van der Waals surface area (Å²) in [6.45, 7) is 0. The summed E-state index contributed by atoms with van der Waals surface area (Å²) in [7, 11) is 0. The van der Waals surface area contributed by atoms with Crippen molar-refractivity contribution >= 4 is 11.6 Å². The Bertz CT molecular complexity index is 271. The largest absolute Gasteiger partial charge is 0.290 e. The van der Waals surface area contributed by atoms with E-state index in [4.69, 9.17) is 0 Å². The summed E-state index contributed by atoms with van der Waals surface area (Å²) < 4.78 is 0. The third kappa shape index (κ3) is 0.416. The lowest BCUT2D eigenvalue weighted by Crippen LogP contribution is -2.17. The van der Waals surface area contributed by atoms with Gasteiger partial charge in [-0.2, -0.15) is 0 Å². The molecule has 2 atom stereocenters. The van der Waals surface area contributed by atoms with Crippen LogP contribution in [0, 0.1) is 17.3 Å². The Balaban J connectivity index is 2.20. The summed E-state index contributed by atoms with van der Waals surface area (Å²) in [5, 5.41) is 0. The summed E-state index contributed by atoms with van der Waals surface area (Å²) >= 11 is 0. The van der Waals surface area contributed by atoms with Crippen LogP contribution in [0.25, 0.3) is 0 Å². The van der Waals surface area contributed by atoms with Crippen LogP contribution >= 0.6 is 0 Å². The van der Waals surface area contributed by atoms with Crippen molar-refractivity contribution < 1.29 is 9.59 Å². The predicted molar refractivity (Wildman–Crippen MR) is 37.8 cm³/mol. The van der Waals surface area contributed by atoms with Gasteiger partial charge in [0.15, 0.2) is 0 Å². The lowest BCUT2D eigenvalue weighted by Gasteiger charge is -2.07. The minimum atomic E-state index is -0.130. The molecule has 0 unspecified atom stereocenters. The molecular formula is C9H8O2. The fourth-order valence-corrected chi connectivity index (χ4v) is 2.57. The van der Waals surface area contributed by atoms with E-state index in [1.165, 1.54) is 0 Å². The Morgan fingerprint density at radius 1 is 1.09 bits per heavy atom. The second-order valence-corrected chi connectivity index (χ2v) is 3.80. The number of Topliss-reactive ketones (excluding diaryl/α,β-unsaturated/α-hetero) is 2. The zero-order valence-electron chi connectivity index (χ0n) is 6.04. The topological polar surface area (TPSA) is 34.1 Å². The molecule has 2 bridgehead atoms. The normalized spacial score (nSPS) is 42.5. The second kappa shape index (κ2) is 1.33. The van der Waals surface area contributed by atoms with E-state index >= 15 is 0 Å². The predicted octanol–water partition coefficient (Wildman–Crippen LogP) is 0.721. The van der Waals surface area contributed by atoms with E-state index in [1.54, 1.807) is 0 Å². The number of allylic oxidation sites excluding steroid dienone is 2. The molecule has 0 aromatic rings. The average Bonchev–Trinajstić information content (AvgIpc) is 2.60. The van der Waals surface area contributed by atoms with Crippen molar-refractivity contribution in [3.05, 3.63) is 12.2 Å². The summed E-state index contributed by atoms with van der Waals surface area (Å²) in [5.41, 5.74) is 0.105. The van der Waals surface area contributed by atoms with Crippen LogP contribution in [0.15, 0.2) is 12.2 Å². The summed E-state index contributed by atoms with van der Waals surface area (Å²) in [5.74, 6) is -0.315. The third-order valence-corrected chi connectivity index (χ3v) is 3.37. The molecular weight excluding hydrogens is 140 g/mol. The molecule has 1 spiro atoms. The Labute approximate surface area is 64.3 Å². The lowest BCUT2D eigenvalue weighted by atomic mass is 9.93. The molecule has 0 aromatic carbocycles. The highest BCUT2D eigenvalue weighted by molar-refractivity contribution is 6.43. The minimum absolute atomic E-state index is 0.0278. The average molecular weight is 148 g/mol. The van der Waals surface area contributed by atoms with Gasteiger partial charge < -0.3 is 0 Å². The van der Waals surface area contributed by atoms with Crippen molar-refractivity contribution in [2.24, 2.45) is 17.3 Å². The smallest absolute Gasteiger partial charge is 0.206 e. The van der Waals surface area contributed by atoms with E-state index in [9.17, 15) is 9.59 Å². The van der Waals surface area contributed by atoms with Crippen LogP contribution in [0.1, 0.15) is 12.8 Å².